The topological polar surface area (TPSA) is 50.2 Å². The highest BCUT2D eigenvalue weighted by Gasteiger charge is 1.94. The van der Waals surface area contributed by atoms with Crippen molar-refractivity contribution in [2.45, 2.75) is 0 Å². The average molecular weight is 199 g/mol. The molecule has 0 aliphatic rings. The number of hydrogen-bond acceptors (Lipinski definition) is 2. The molecular weight excluding hydrogens is 190 g/mol. The van der Waals surface area contributed by atoms with Gasteiger partial charge in [-0.1, -0.05) is 18.2 Å². The molecule has 0 bridgehead atoms. The zero-order valence-electron chi connectivity index (χ0n) is 7.92. The van der Waals surface area contributed by atoms with Crippen molar-refractivity contribution < 1.29 is 9.90 Å². The third-order valence-electron chi connectivity index (χ3n) is 2.03. The predicted molar refractivity (Wildman–Crippen MR) is 58.4 cm³/mol. The van der Waals surface area contributed by atoms with Gasteiger partial charge in [0.25, 0.3) is 0 Å². The quantitative estimate of drug-likeness (QED) is 0.755. The molecule has 0 radical (unpaired) electrons. The van der Waals surface area contributed by atoms with E-state index in [9.17, 15) is 4.79 Å². The fraction of sp³-hybridized carbons (Fsp3) is 0. The Balaban J connectivity index is 2.43. The van der Waals surface area contributed by atoms with Gasteiger partial charge < -0.3 is 5.11 Å². The van der Waals surface area contributed by atoms with E-state index in [4.69, 9.17) is 5.11 Å². The van der Waals surface area contributed by atoms with E-state index in [0.717, 1.165) is 22.5 Å². The largest absolute Gasteiger partial charge is 0.478 e. The highest BCUT2D eigenvalue weighted by Crippen LogP contribution is 2.13. The van der Waals surface area contributed by atoms with Gasteiger partial charge in [0.1, 0.15) is 0 Å². The van der Waals surface area contributed by atoms with Crippen molar-refractivity contribution in [1.82, 2.24) is 4.98 Å². The van der Waals surface area contributed by atoms with Crippen molar-refractivity contribution in [2.75, 3.05) is 0 Å². The second kappa shape index (κ2) is 3.92. The van der Waals surface area contributed by atoms with Gasteiger partial charge in [-0.15, -0.1) is 0 Å². The van der Waals surface area contributed by atoms with Gasteiger partial charge >= 0.3 is 5.97 Å². The number of aliphatic carboxylic acids is 1. The summed E-state index contributed by atoms with van der Waals surface area (Å²) in [6.45, 7) is 0. The van der Waals surface area contributed by atoms with Crippen molar-refractivity contribution >= 4 is 22.9 Å². The Morgan fingerprint density at radius 3 is 2.93 bits per heavy atom. The van der Waals surface area contributed by atoms with E-state index in [1.165, 1.54) is 6.08 Å². The van der Waals surface area contributed by atoms with Gasteiger partial charge in [-0.05, 0) is 23.8 Å². The van der Waals surface area contributed by atoms with Crippen LogP contribution in [0.25, 0.3) is 17.0 Å². The molecule has 1 aromatic carbocycles. The average Bonchev–Trinajstić information content (AvgIpc) is 2.26. The van der Waals surface area contributed by atoms with Gasteiger partial charge in [0, 0.05) is 17.7 Å². The van der Waals surface area contributed by atoms with Crippen LogP contribution in [0.1, 0.15) is 5.56 Å². The summed E-state index contributed by atoms with van der Waals surface area (Å²) in [7, 11) is 0. The minimum Gasteiger partial charge on any atom is -0.478 e. The lowest BCUT2D eigenvalue weighted by Crippen LogP contribution is -1.86. The normalized spacial score (nSPS) is 10.9. The lowest BCUT2D eigenvalue weighted by atomic mass is 10.1. The number of carboxylic acids is 1. The summed E-state index contributed by atoms with van der Waals surface area (Å²) in [6, 6.07) is 9.61. The van der Waals surface area contributed by atoms with Crippen LogP contribution in [-0.4, -0.2) is 16.1 Å². The number of fused-ring (bicyclic) bond motifs is 1. The molecule has 0 saturated carbocycles. The fourth-order valence-electron chi connectivity index (χ4n) is 1.35. The lowest BCUT2D eigenvalue weighted by Gasteiger charge is -1.97. The minimum absolute atomic E-state index is 0.788. The van der Waals surface area contributed by atoms with Crippen molar-refractivity contribution in [2.24, 2.45) is 0 Å². The second-order valence-corrected chi connectivity index (χ2v) is 3.13. The monoisotopic (exact) mass is 199 g/mol. The van der Waals surface area contributed by atoms with Crippen LogP contribution in [0, 0.1) is 0 Å². The maximum absolute atomic E-state index is 10.3. The molecule has 1 N–H and O–H groups in total. The molecule has 0 aliphatic carbocycles. The molecule has 0 atom stereocenters. The van der Waals surface area contributed by atoms with Gasteiger partial charge in [-0.3, -0.25) is 4.98 Å². The molecule has 3 nitrogen and oxygen atoms in total. The van der Waals surface area contributed by atoms with Gasteiger partial charge in [0.2, 0.25) is 0 Å². The number of hydrogen-bond donors (Lipinski definition) is 1. The van der Waals surface area contributed by atoms with E-state index >= 15 is 0 Å². The van der Waals surface area contributed by atoms with E-state index in [0.29, 0.717) is 0 Å². The maximum atomic E-state index is 10.3. The number of carboxylic acid groups (broad SMARTS) is 1. The Morgan fingerprint density at radius 1 is 1.33 bits per heavy atom. The Labute approximate surface area is 86.7 Å². The molecule has 0 unspecified atom stereocenters. The molecule has 2 aromatic rings. The zero-order valence-corrected chi connectivity index (χ0v) is 7.92. The van der Waals surface area contributed by atoms with Crippen molar-refractivity contribution in [3.8, 4) is 0 Å². The molecule has 1 heterocycles. The Bertz CT molecular complexity index is 532. The summed E-state index contributed by atoms with van der Waals surface area (Å²) in [5.41, 5.74) is 1.70. The molecule has 2 rings (SSSR count). The van der Waals surface area contributed by atoms with E-state index in [1.54, 1.807) is 6.20 Å². The third-order valence-corrected chi connectivity index (χ3v) is 2.03. The van der Waals surface area contributed by atoms with Crippen molar-refractivity contribution in [3.05, 3.63) is 48.2 Å². The zero-order chi connectivity index (χ0) is 10.7. The van der Waals surface area contributed by atoms with Crippen LogP contribution < -0.4 is 0 Å². The van der Waals surface area contributed by atoms with Crippen LogP contribution in [0.3, 0.4) is 0 Å². The first-order chi connectivity index (χ1) is 7.25. The first-order valence-electron chi connectivity index (χ1n) is 4.51. The standard InChI is InChI=1S/C12H9NO2/c14-12(15)6-5-9-7-10-3-1-2-4-11(10)13-8-9/h1-8H,(H,14,15)/b6-5+. The minimum atomic E-state index is -0.955. The van der Waals surface area contributed by atoms with Crippen molar-refractivity contribution in [3.63, 3.8) is 0 Å². The second-order valence-electron chi connectivity index (χ2n) is 3.13. The summed E-state index contributed by atoms with van der Waals surface area (Å²) in [4.78, 5) is 14.5. The molecule has 74 valence electrons. The van der Waals surface area contributed by atoms with Crippen molar-refractivity contribution in [1.29, 1.82) is 0 Å². The Morgan fingerprint density at radius 2 is 2.13 bits per heavy atom. The van der Waals surface area contributed by atoms with Crippen LogP contribution >= 0.6 is 0 Å². The van der Waals surface area contributed by atoms with Crippen LogP contribution in [0.2, 0.25) is 0 Å². The Kier molecular flexibility index (Phi) is 2.46. The molecule has 3 heteroatoms. The van der Waals surface area contributed by atoms with Crippen LogP contribution in [0.4, 0.5) is 0 Å². The van der Waals surface area contributed by atoms with E-state index in [2.05, 4.69) is 4.98 Å². The smallest absolute Gasteiger partial charge is 0.328 e. The first-order valence-corrected chi connectivity index (χ1v) is 4.51. The van der Waals surface area contributed by atoms with E-state index < -0.39 is 5.97 Å². The summed E-state index contributed by atoms with van der Waals surface area (Å²) in [5.74, 6) is -0.955. The highest BCUT2D eigenvalue weighted by atomic mass is 16.4. The molecule has 1 aromatic heterocycles. The number of carbonyl (C=O) groups is 1. The maximum Gasteiger partial charge on any atom is 0.328 e. The number of rotatable bonds is 2. The van der Waals surface area contributed by atoms with Crippen LogP contribution in [-0.2, 0) is 4.79 Å². The summed E-state index contributed by atoms with van der Waals surface area (Å²) < 4.78 is 0. The molecule has 0 amide bonds. The molecule has 0 aliphatic heterocycles. The summed E-state index contributed by atoms with van der Waals surface area (Å²) in [6.07, 6.45) is 4.29. The highest BCUT2D eigenvalue weighted by molar-refractivity contribution is 5.87. The number of benzene rings is 1. The molecular formula is C12H9NO2. The van der Waals surface area contributed by atoms with Gasteiger partial charge in [-0.25, -0.2) is 4.79 Å². The Hall–Kier alpha value is -2.16. The van der Waals surface area contributed by atoms with E-state index in [1.807, 2.05) is 30.3 Å². The van der Waals surface area contributed by atoms with Gasteiger partial charge in [0.15, 0.2) is 0 Å². The lowest BCUT2D eigenvalue weighted by molar-refractivity contribution is -0.131. The van der Waals surface area contributed by atoms with E-state index in [-0.39, 0.29) is 0 Å². The molecule has 15 heavy (non-hydrogen) atoms. The molecule has 0 saturated heterocycles. The van der Waals surface area contributed by atoms with Gasteiger partial charge in [0.05, 0.1) is 5.52 Å². The predicted octanol–water partition coefficient (Wildman–Crippen LogP) is 2.33. The summed E-state index contributed by atoms with van der Waals surface area (Å²) >= 11 is 0. The molecule has 0 spiro atoms. The number of aromatic nitrogens is 1. The first kappa shape index (κ1) is 9.40. The number of nitrogens with zero attached hydrogens (tertiary/aromatic N) is 1. The number of para-hydroxylation sites is 1. The van der Waals surface area contributed by atoms with Crippen LogP contribution in [0.15, 0.2) is 42.6 Å². The third kappa shape index (κ3) is 2.20. The SMILES string of the molecule is O=C(O)/C=C/c1cnc2ccccc2c1. The summed E-state index contributed by atoms with van der Waals surface area (Å²) in [5, 5.41) is 9.49. The van der Waals surface area contributed by atoms with Gasteiger partial charge in [-0.2, -0.15) is 0 Å². The molecule has 0 fully saturated rings. The fourth-order valence-corrected chi connectivity index (χ4v) is 1.35. The van der Waals surface area contributed by atoms with Crippen LogP contribution in [0.5, 0.6) is 0 Å². The number of pyridine rings is 1.